The quantitative estimate of drug-likeness (QED) is 0.441. The molecule has 7 nitrogen and oxygen atoms in total. The number of fused-ring (bicyclic) bond motifs is 2. The van der Waals surface area contributed by atoms with Crippen LogP contribution in [0.2, 0.25) is 5.02 Å². The summed E-state index contributed by atoms with van der Waals surface area (Å²) in [6.45, 7) is 0. The van der Waals surface area contributed by atoms with Gasteiger partial charge in [-0.1, -0.05) is 55.1 Å². The summed E-state index contributed by atoms with van der Waals surface area (Å²) in [4.78, 5) is 22.7. The monoisotopic (exact) mass is 446 g/mol. The number of rotatable bonds is 4. The number of aromatic nitrogens is 3. The van der Waals surface area contributed by atoms with Gasteiger partial charge >= 0.3 is 0 Å². The summed E-state index contributed by atoms with van der Waals surface area (Å²) < 4.78 is 1.49. The topological polar surface area (TPSA) is 98.2 Å². The number of nitrogens with zero attached hydrogens (tertiary/aromatic N) is 4. The molecule has 4 aromatic rings. The third kappa shape index (κ3) is 3.91. The van der Waals surface area contributed by atoms with Crippen molar-refractivity contribution in [2.24, 2.45) is 5.10 Å². The molecule has 0 bridgehead atoms. The second kappa shape index (κ2) is 8.59. The lowest BCUT2D eigenvalue weighted by atomic mass is 9.95. The van der Waals surface area contributed by atoms with Crippen molar-refractivity contribution in [2.45, 2.75) is 38.1 Å². The Bertz CT molecular complexity index is 1320. The fraction of sp³-hybridized carbons (Fsp3) is 0.250. The number of hydrogen-bond acceptors (Lipinski definition) is 5. The number of amides is 1. The van der Waals surface area contributed by atoms with Crippen molar-refractivity contribution in [3.63, 3.8) is 0 Å². The van der Waals surface area contributed by atoms with Crippen LogP contribution >= 0.6 is 11.6 Å². The molecular weight excluding hydrogens is 424 g/mol. The normalized spacial score (nSPS) is 15.0. The molecule has 3 N–H and O–H groups in total. The highest BCUT2D eigenvalue weighted by Crippen LogP contribution is 2.28. The molecule has 5 rings (SSSR count). The second-order valence-corrected chi connectivity index (χ2v) is 8.50. The molecule has 2 heterocycles. The third-order valence-electron chi connectivity index (χ3n) is 5.83. The molecule has 32 heavy (non-hydrogen) atoms. The van der Waals surface area contributed by atoms with Crippen LogP contribution in [0.3, 0.4) is 0 Å². The predicted octanol–water partition coefficient (Wildman–Crippen LogP) is 4.76. The van der Waals surface area contributed by atoms with Crippen molar-refractivity contribution in [1.29, 1.82) is 0 Å². The second-order valence-electron chi connectivity index (χ2n) is 8.06. The minimum Gasteiger partial charge on any atom is -0.383 e. The molecule has 2 aromatic heterocycles. The van der Waals surface area contributed by atoms with Crippen LogP contribution in [0.4, 0.5) is 5.82 Å². The van der Waals surface area contributed by atoms with Crippen LogP contribution < -0.4 is 11.1 Å². The minimum atomic E-state index is -0.232. The van der Waals surface area contributed by atoms with E-state index < -0.39 is 0 Å². The van der Waals surface area contributed by atoms with E-state index in [0.29, 0.717) is 32.8 Å². The Hall–Kier alpha value is -3.45. The zero-order valence-electron chi connectivity index (χ0n) is 17.5. The van der Waals surface area contributed by atoms with Gasteiger partial charge in [-0.05, 0) is 42.7 Å². The van der Waals surface area contributed by atoms with E-state index in [2.05, 4.69) is 10.4 Å². The smallest absolute Gasteiger partial charge is 0.257 e. The van der Waals surface area contributed by atoms with E-state index in [-0.39, 0.29) is 17.8 Å². The summed E-state index contributed by atoms with van der Waals surface area (Å²) in [5, 5.41) is 8.32. The van der Waals surface area contributed by atoms with E-state index in [0.717, 1.165) is 31.2 Å². The molecule has 0 aliphatic heterocycles. The van der Waals surface area contributed by atoms with E-state index in [1.807, 2.05) is 36.4 Å². The SMILES string of the molecule is Nc1c(C(=O)NC2CCCCC2)c2nc3ccccc3nc2n1/N=C\c1ccc(Cl)cc1. The highest BCUT2D eigenvalue weighted by atomic mass is 35.5. The maximum Gasteiger partial charge on any atom is 0.257 e. The summed E-state index contributed by atoms with van der Waals surface area (Å²) in [6.07, 6.45) is 7.08. The molecule has 0 atom stereocenters. The van der Waals surface area contributed by atoms with Gasteiger partial charge in [0.25, 0.3) is 5.91 Å². The molecule has 8 heteroatoms. The van der Waals surface area contributed by atoms with Gasteiger partial charge in [-0.2, -0.15) is 9.78 Å². The summed E-state index contributed by atoms with van der Waals surface area (Å²) in [5.74, 6) is -0.0155. The molecule has 1 aliphatic rings. The Balaban J connectivity index is 1.61. The third-order valence-corrected chi connectivity index (χ3v) is 6.09. The Morgan fingerprint density at radius 1 is 1.06 bits per heavy atom. The Morgan fingerprint density at radius 2 is 1.75 bits per heavy atom. The van der Waals surface area contributed by atoms with Crippen molar-refractivity contribution >= 4 is 51.7 Å². The summed E-state index contributed by atoms with van der Waals surface area (Å²) in [7, 11) is 0. The van der Waals surface area contributed by atoms with Crippen molar-refractivity contribution in [2.75, 3.05) is 5.73 Å². The molecule has 0 radical (unpaired) electrons. The standard InChI is InChI=1S/C24H23ClN6O/c25-16-12-10-15(11-13-16)14-27-31-22(26)20(24(32)28-17-6-2-1-3-7-17)21-23(31)30-19-9-5-4-8-18(19)29-21/h4-5,8-14,17H,1-3,6-7,26H2,(H,28,32)/b27-14-. The first-order valence-corrected chi connectivity index (χ1v) is 11.2. The van der Waals surface area contributed by atoms with Crippen LogP contribution in [0.25, 0.3) is 22.2 Å². The van der Waals surface area contributed by atoms with Gasteiger partial charge in [0.15, 0.2) is 5.65 Å². The average Bonchev–Trinajstić information content (AvgIpc) is 3.08. The van der Waals surface area contributed by atoms with Crippen molar-refractivity contribution in [3.05, 3.63) is 64.7 Å². The maximum atomic E-state index is 13.3. The Labute approximate surface area is 190 Å². The predicted molar refractivity (Wildman–Crippen MR) is 128 cm³/mol. The summed E-state index contributed by atoms with van der Waals surface area (Å²) in [5.41, 5.74) is 9.92. The summed E-state index contributed by atoms with van der Waals surface area (Å²) >= 11 is 5.97. The number of hydrogen-bond donors (Lipinski definition) is 2. The summed E-state index contributed by atoms with van der Waals surface area (Å²) in [6, 6.07) is 15.0. The van der Waals surface area contributed by atoms with E-state index >= 15 is 0 Å². The first kappa shape index (κ1) is 20.5. The van der Waals surface area contributed by atoms with Crippen molar-refractivity contribution in [3.8, 4) is 0 Å². The van der Waals surface area contributed by atoms with E-state index in [1.165, 1.54) is 11.1 Å². The first-order chi connectivity index (χ1) is 15.6. The first-order valence-electron chi connectivity index (χ1n) is 10.8. The molecule has 0 saturated heterocycles. The van der Waals surface area contributed by atoms with Crippen LogP contribution in [0, 0.1) is 0 Å². The van der Waals surface area contributed by atoms with Crippen LogP contribution in [0.5, 0.6) is 0 Å². The number of nitrogens with two attached hydrogens (primary N) is 1. The molecule has 1 amide bonds. The number of carbonyl (C=O) groups excluding carboxylic acids is 1. The van der Waals surface area contributed by atoms with Gasteiger partial charge < -0.3 is 11.1 Å². The molecule has 0 spiro atoms. The Morgan fingerprint density at radius 3 is 2.47 bits per heavy atom. The van der Waals surface area contributed by atoms with Gasteiger partial charge in [-0.15, -0.1) is 0 Å². The number of nitrogen functional groups attached to an aromatic ring is 1. The van der Waals surface area contributed by atoms with Gasteiger partial charge in [0.1, 0.15) is 16.9 Å². The lowest BCUT2D eigenvalue weighted by Gasteiger charge is -2.22. The molecule has 1 fully saturated rings. The van der Waals surface area contributed by atoms with Gasteiger partial charge in [0.2, 0.25) is 0 Å². The van der Waals surface area contributed by atoms with Crippen LogP contribution in [0.1, 0.15) is 48.0 Å². The van der Waals surface area contributed by atoms with E-state index in [1.54, 1.807) is 18.3 Å². The van der Waals surface area contributed by atoms with E-state index in [9.17, 15) is 4.79 Å². The number of para-hydroxylation sites is 2. The maximum absolute atomic E-state index is 13.3. The van der Waals surface area contributed by atoms with Gasteiger partial charge in [-0.25, -0.2) is 9.97 Å². The highest BCUT2D eigenvalue weighted by molar-refractivity contribution is 6.30. The zero-order chi connectivity index (χ0) is 22.1. The molecule has 162 valence electrons. The van der Waals surface area contributed by atoms with Gasteiger partial charge in [0.05, 0.1) is 17.2 Å². The zero-order valence-corrected chi connectivity index (χ0v) is 18.2. The van der Waals surface area contributed by atoms with Crippen LogP contribution in [0.15, 0.2) is 53.6 Å². The average molecular weight is 447 g/mol. The Kier molecular flexibility index (Phi) is 5.49. The van der Waals surface area contributed by atoms with Gasteiger partial charge in [0, 0.05) is 11.1 Å². The minimum absolute atomic E-state index is 0.153. The van der Waals surface area contributed by atoms with Gasteiger partial charge in [-0.3, -0.25) is 4.79 Å². The van der Waals surface area contributed by atoms with E-state index in [4.69, 9.17) is 27.3 Å². The fourth-order valence-corrected chi connectivity index (χ4v) is 4.29. The van der Waals surface area contributed by atoms with Crippen molar-refractivity contribution < 1.29 is 4.79 Å². The largest absolute Gasteiger partial charge is 0.383 e. The molecule has 1 aliphatic carbocycles. The fourth-order valence-electron chi connectivity index (χ4n) is 4.17. The number of carbonyl (C=O) groups is 1. The number of anilines is 1. The molecule has 1 saturated carbocycles. The molecule has 2 aromatic carbocycles. The highest BCUT2D eigenvalue weighted by Gasteiger charge is 2.26. The number of nitrogens with one attached hydrogen (secondary N) is 1. The van der Waals surface area contributed by atoms with Crippen LogP contribution in [-0.2, 0) is 0 Å². The number of benzene rings is 2. The van der Waals surface area contributed by atoms with Crippen molar-refractivity contribution in [1.82, 2.24) is 20.0 Å². The lowest BCUT2D eigenvalue weighted by molar-refractivity contribution is 0.0930. The molecule has 0 unspecified atom stereocenters. The number of halogens is 1. The molecular formula is C24H23ClN6O. The van der Waals surface area contributed by atoms with Crippen LogP contribution in [-0.4, -0.2) is 32.8 Å². The lowest BCUT2D eigenvalue weighted by Crippen LogP contribution is -2.36.